The topological polar surface area (TPSA) is 76.6 Å². The van der Waals surface area contributed by atoms with Crippen molar-refractivity contribution in [3.63, 3.8) is 0 Å². The fourth-order valence-electron chi connectivity index (χ4n) is 2.96. The van der Waals surface area contributed by atoms with Gasteiger partial charge >= 0.3 is 0 Å². The summed E-state index contributed by atoms with van der Waals surface area (Å²) in [5.74, 6) is 0.639. The van der Waals surface area contributed by atoms with Crippen LogP contribution in [0.2, 0.25) is 0 Å². The molecule has 1 aliphatic rings. The van der Waals surface area contributed by atoms with Crippen molar-refractivity contribution in [1.29, 1.82) is 10.7 Å². The number of hydrazine groups is 1. The maximum absolute atomic E-state index is 9.45. The zero-order valence-corrected chi connectivity index (χ0v) is 11.7. The van der Waals surface area contributed by atoms with Crippen molar-refractivity contribution in [2.45, 2.75) is 6.17 Å². The fraction of sp³-hybridized carbons (Fsp3) is 0.0588. The van der Waals surface area contributed by atoms with Crippen LogP contribution in [0.1, 0.15) is 17.3 Å². The Morgan fingerprint density at radius 2 is 1.77 bits per heavy atom. The Hall–Kier alpha value is -3.10. The number of nitriles is 1. The van der Waals surface area contributed by atoms with Crippen LogP contribution in [0, 0.1) is 16.7 Å². The number of anilines is 1. The van der Waals surface area contributed by atoms with Crippen LogP contribution in [-0.4, -0.2) is 4.57 Å². The summed E-state index contributed by atoms with van der Waals surface area (Å²) in [5, 5.41) is 18.8. The van der Waals surface area contributed by atoms with E-state index in [4.69, 9.17) is 5.41 Å². The molecular formula is C17H13N5. The van der Waals surface area contributed by atoms with Crippen LogP contribution in [0.15, 0.2) is 54.6 Å². The molecule has 2 heterocycles. The van der Waals surface area contributed by atoms with E-state index >= 15 is 0 Å². The number of fused-ring (bicyclic) bond motifs is 3. The van der Waals surface area contributed by atoms with Crippen molar-refractivity contribution in [2.24, 2.45) is 0 Å². The summed E-state index contributed by atoms with van der Waals surface area (Å²) in [6, 6.07) is 19.9. The normalized spacial score (nSPS) is 16.0. The largest absolute Gasteiger partial charge is 0.304 e. The third kappa shape index (κ3) is 1.65. The van der Waals surface area contributed by atoms with Gasteiger partial charge in [-0.05, 0) is 11.6 Å². The highest BCUT2D eigenvalue weighted by molar-refractivity contribution is 5.84. The van der Waals surface area contributed by atoms with E-state index in [0.717, 1.165) is 16.5 Å². The van der Waals surface area contributed by atoms with Gasteiger partial charge in [-0.1, -0.05) is 48.5 Å². The molecule has 4 rings (SSSR count). The number of aromatic nitrogens is 1. The number of rotatable bonds is 1. The first kappa shape index (κ1) is 12.6. The van der Waals surface area contributed by atoms with Crippen molar-refractivity contribution in [2.75, 3.05) is 5.43 Å². The predicted molar refractivity (Wildman–Crippen MR) is 83.8 cm³/mol. The molecule has 0 saturated heterocycles. The lowest BCUT2D eigenvalue weighted by Gasteiger charge is -2.17. The van der Waals surface area contributed by atoms with Gasteiger partial charge in [0.05, 0.1) is 10.9 Å². The Balaban J connectivity index is 2.09. The van der Waals surface area contributed by atoms with Crippen LogP contribution in [0.4, 0.5) is 5.82 Å². The highest BCUT2D eigenvalue weighted by Gasteiger charge is 2.27. The van der Waals surface area contributed by atoms with E-state index in [1.807, 2.05) is 59.2 Å². The molecular weight excluding hydrogens is 274 g/mol. The third-order valence-electron chi connectivity index (χ3n) is 3.97. The molecule has 0 spiro atoms. The Morgan fingerprint density at radius 1 is 1.05 bits per heavy atom. The van der Waals surface area contributed by atoms with Crippen LogP contribution in [0.3, 0.4) is 0 Å². The molecule has 2 aromatic carbocycles. The first-order valence-electron chi connectivity index (χ1n) is 6.99. The molecule has 5 nitrogen and oxygen atoms in total. The third-order valence-corrected chi connectivity index (χ3v) is 3.97. The minimum absolute atomic E-state index is 0.117. The van der Waals surface area contributed by atoms with Crippen molar-refractivity contribution < 1.29 is 0 Å². The Kier molecular flexibility index (Phi) is 2.71. The second-order valence-corrected chi connectivity index (χ2v) is 5.18. The van der Waals surface area contributed by atoms with Gasteiger partial charge in [0.25, 0.3) is 0 Å². The molecule has 1 atom stereocenters. The molecule has 22 heavy (non-hydrogen) atoms. The zero-order chi connectivity index (χ0) is 15.1. The zero-order valence-electron chi connectivity index (χ0n) is 11.7. The van der Waals surface area contributed by atoms with Gasteiger partial charge < -0.3 is 9.99 Å². The number of nitrogens with one attached hydrogen (secondary N) is 3. The first-order valence-corrected chi connectivity index (χ1v) is 6.99. The summed E-state index contributed by atoms with van der Waals surface area (Å²) in [7, 11) is 0. The Morgan fingerprint density at radius 3 is 2.55 bits per heavy atom. The summed E-state index contributed by atoms with van der Waals surface area (Å²) in [4.78, 5) is 0. The summed E-state index contributed by atoms with van der Waals surface area (Å²) in [6.07, 6.45) is -0.117. The average molecular weight is 287 g/mol. The number of hydrogen-bond donors (Lipinski definition) is 3. The molecule has 0 bridgehead atoms. The average Bonchev–Trinajstić information content (AvgIpc) is 3.01. The second kappa shape index (κ2) is 4.72. The van der Waals surface area contributed by atoms with Crippen molar-refractivity contribution in [3.05, 3.63) is 71.1 Å². The van der Waals surface area contributed by atoms with E-state index in [9.17, 15) is 5.26 Å². The quantitative estimate of drug-likeness (QED) is 0.643. The maximum atomic E-state index is 9.45. The SMILES string of the molecule is N#Cc1c2n(c3ccccc3c1=N)C(c1ccccc1)NN2. The lowest BCUT2D eigenvalue weighted by Crippen LogP contribution is -2.22. The number of para-hydroxylation sites is 1. The van der Waals surface area contributed by atoms with Crippen molar-refractivity contribution in [3.8, 4) is 6.07 Å². The van der Waals surface area contributed by atoms with E-state index in [1.165, 1.54) is 0 Å². The molecule has 3 N–H and O–H groups in total. The maximum Gasteiger partial charge on any atom is 0.143 e. The van der Waals surface area contributed by atoms with Crippen LogP contribution >= 0.6 is 0 Å². The molecule has 0 aliphatic carbocycles. The van der Waals surface area contributed by atoms with E-state index in [-0.39, 0.29) is 11.5 Å². The minimum Gasteiger partial charge on any atom is -0.304 e. The molecule has 5 heteroatoms. The second-order valence-electron chi connectivity index (χ2n) is 5.18. The minimum atomic E-state index is -0.117. The summed E-state index contributed by atoms with van der Waals surface area (Å²) >= 11 is 0. The van der Waals surface area contributed by atoms with Gasteiger partial charge in [-0.3, -0.25) is 5.41 Å². The Labute approximate surface area is 126 Å². The number of nitrogens with zero attached hydrogens (tertiary/aromatic N) is 2. The highest BCUT2D eigenvalue weighted by Crippen LogP contribution is 2.31. The summed E-state index contributed by atoms with van der Waals surface area (Å²) < 4.78 is 2.04. The molecule has 0 radical (unpaired) electrons. The van der Waals surface area contributed by atoms with Crippen LogP contribution in [0.5, 0.6) is 0 Å². The molecule has 0 saturated carbocycles. The molecule has 106 valence electrons. The number of benzene rings is 2. The summed E-state index contributed by atoms with van der Waals surface area (Å²) in [5.41, 5.74) is 8.65. The monoisotopic (exact) mass is 287 g/mol. The molecule has 3 aromatic rings. The van der Waals surface area contributed by atoms with Gasteiger partial charge in [-0.25, -0.2) is 5.43 Å². The van der Waals surface area contributed by atoms with E-state index < -0.39 is 0 Å². The molecule has 1 aliphatic heterocycles. The van der Waals surface area contributed by atoms with Gasteiger partial charge in [-0.2, -0.15) is 5.26 Å². The van der Waals surface area contributed by atoms with Gasteiger partial charge in [-0.15, -0.1) is 0 Å². The summed E-state index contributed by atoms with van der Waals surface area (Å²) in [6.45, 7) is 0. The van der Waals surface area contributed by atoms with E-state index in [2.05, 4.69) is 16.9 Å². The molecule has 1 aromatic heterocycles. The molecule has 1 unspecified atom stereocenters. The van der Waals surface area contributed by atoms with Crippen molar-refractivity contribution >= 4 is 16.7 Å². The standard InChI is InChI=1S/C17H13N5/c18-10-13-15(19)12-8-4-5-9-14(12)22-16(20-21-17(13)22)11-6-2-1-3-7-11/h1-9,16,19-21H. The van der Waals surface area contributed by atoms with Crippen LogP contribution in [0.25, 0.3) is 10.9 Å². The molecule has 0 amide bonds. The lowest BCUT2D eigenvalue weighted by molar-refractivity contribution is 0.584. The van der Waals surface area contributed by atoms with Gasteiger partial charge in [0.15, 0.2) is 0 Å². The molecule has 0 fully saturated rings. The lowest BCUT2D eigenvalue weighted by atomic mass is 10.1. The predicted octanol–water partition coefficient (Wildman–Crippen LogP) is 2.47. The van der Waals surface area contributed by atoms with E-state index in [0.29, 0.717) is 11.4 Å². The van der Waals surface area contributed by atoms with Crippen molar-refractivity contribution in [1.82, 2.24) is 9.99 Å². The first-order chi connectivity index (χ1) is 10.8. The van der Waals surface area contributed by atoms with Gasteiger partial charge in [0.1, 0.15) is 23.6 Å². The number of hydrogen-bond acceptors (Lipinski definition) is 4. The van der Waals surface area contributed by atoms with Gasteiger partial charge in [0.2, 0.25) is 0 Å². The van der Waals surface area contributed by atoms with Gasteiger partial charge in [0, 0.05) is 5.39 Å². The van der Waals surface area contributed by atoms with Crippen LogP contribution in [-0.2, 0) is 0 Å². The fourth-order valence-corrected chi connectivity index (χ4v) is 2.96. The number of pyridine rings is 1. The smallest absolute Gasteiger partial charge is 0.143 e. The highest BCUT2D eigenvalue weighted by atomic mass is 15.5. The van der Waals surface area contributed by atoms with Crippen LogP contribution < -0.4 is 16.2 Å². The Bertz CT molecular complexity index is 966. The van der Waals surface area contributed by atoms with E-state index in [1.54, 1.807) is 0 Å².